The number of ether oxygens (including phenoxy) is 1. The minimum Gasteiger partial charge on any atom is -0.488 e. The van der Waals surface area contributed by atoms with Gasteiger partial charge in [0.05, 0.1) is 0 Å². The SMILES string of the molecule is C=C(Br)COc1cccc(CNC(C)(C)C)c1. The van der Waals surface area contributed by atoms with Gasteiger partial charge in [-0.3, -0.25) is 0 Å². The zero-order chi connectivity index (χ0) is 12.9. The third-order valence-electron chi connectivity index (χ3n) is 2.12. The van der Waals surface area contributed by atoms with Crippen LogP contribution in [0.3, 0.4) is 0 Å². The minimum atomic E-state index is 0.126. The van der Waals surface area contributed by atoms with Gasteiger partial charge in [-0.25, -0.2) is 0 Å². The molecule has 17 heavy (non-hydrogen) atoms. The molecule has 0 amide bonds. The third kappa shape index (κ3) is 6.49. The van der Waals surface area contributed by atoms with E-state index >= 15 is 0 Å². The highest BCUT2D eigenvalue weighted by Crippen LogP contribution is 2.15. The second-order valence-corrected chi connectivity index (χ2v) is 6.18. The van der Waals surface area contributed by atoms with Crippen LogP contribution in [0.15, 0.2) is 35.3 Å². The molecule has 0 saturated carbocycles. The van der Waals surface area contributed by atoms with Crippen LogP contribution < -0.4 is 10.1 Å². The third-order valence-corrected chi connectivity index (χ3v) is 2.35. The summed E-state index contributed by atoms with van der Waals surface area (Å²) in [7, 11) is 0. The van der Waals surface area contributed by atoms with Crippen LogP contribution in [0.4, 0.5) is 0 Å². The largest absolute Gasteiger partial charge is 0.488 e. The summed E-state index contributed by atoms with van der Waals surface area (Å²) in [5.41, 5.74) is 1.35. The lowest BCUT2D eigenvalue weighted by atomic mass is 10.1. The molecule has 1 rings (SSSR count). The molecule has 0 spiro atoms. The van der Waals surface area contributed by atoms with E-state index in [0.29, 0.717) is 6.61 Å². The van der Waals surface area contributed by atoms with Gasteiger partial charge in [0.1, 0.15) is 12.4 Å². The van der Waals surface area contributed by atoms with Crippen molar-refractivity contribution < 1.29 is 4.74 Å². The first-order chi connectivity index (χ1) is 7.87. The summed E-state index contributed by atoms with van der Waals surface area (Å²) in [6, 6.07) is 8.10. The van der Waals surface area contributed by atoms with Gasteiger partial charge in [-0.15, -0.1) is 0 Å². The highest BCUT2D eigenvalue weighted by molar-refractivity contribution is 9.11. The van der Waals surface area contributed by atoms with E-state index < -0.39 is 0 Å². The first kappa shape index (κ1) is 14.3. The molecule has 0 aliphatic carbocycles. The van der Waals surface area contributed by atoms with E-state index in [1.54, 1.807) is 0 Å². The Labute approximate surface area is 112 Å². The van der Waals surface area contributed by atoms with Gasteiger partial charge >= 0.3 is 0 Å². The number of nitrogens with one attached hydrogen (secondary N) is 1. The summed E-state index contributed by atoms with van der Waals surface area (Å²) in [5.74, 6) is 0.874. The van der Waals surface area contributed by atoms with Crippen LogP contribution in [0.25, 0.3) is 0 Å². The molecule has 2 nitrogen and oxygen atoms in total. The lowest BCUT2D eigenvalue weighted by Gasteiger charge is -2.20. The van der Waals surface area contributed by atoms with E-state index in [1.807, 2.05) is 12.1 Å². The average molecular weight is 298 g/mol. The van der Waals surface area contributed by atoms with Crippen LogP contribution in [0, 0.1) is 0 Å². The Bertz CT molecular complexity index is 382. The molecule has 0 heterocycles. The monoisotopic (exact) mass is 297 g/mol. The maximum atomic E-state index is 5.57. The number of hydrogen-bond acceptors (Lipinski definition) is 2. The van der Waals surface area contributed by atoms with Gasteiger partial charge in [-0.05, 0) is 38.5 Å². The van der Waals surface area contributed by atoms with Gasteiger partial charge in [0.25, 0.3) is 0 Å². The fourth-order valence-corrected chi connectivity index (χ4v) is 1.39. The minimum absolute atomic E-state index is 0.126. The maximum absolute atomic E-state index is 5.57. The van der Waals surface area contributed by atoms with Gasteiger partial charge in [-0.2, -0.15) is 0 Å². The van der Waals surface area contributed by atoms with Crippen molar-refractivity contribution in [3.05, 3.63) is 40.9 Å². The van der Waals surface area contributed by atoms with Gasteiger partial charge in [0.2, 0.25) is 0 Å². The molecule has 3 heteroatoms. The number of rotatable bonds is 5. The van der Waals surface area contributed by atoms with Crippen molar-refractivity contribution in [2.24, 2.45) is 0 Å². The molecule has 1 aromatic rings. The smallest absolute Gasteiger partial charge is 0.120 e. The quantitative estimate of drug-likeness (QED) is 0.891. The molecule has 0 unspecified atom stereocenters. The van der Waals surface area contributed by atoms with Crippen LogP contribution in [0.5, 0.6) is 5.75 Å². The lowest BCUT2D eigenvalue weighted by molar-refractivity contribution is 0.359. The van der Waals surface area contributed by atoms with Crippen molar-refractivity contribution in [2.45, 2.75) is 32.9 Å². The van der Waals surface area contributed by atoms with Crippen LogP contribution in [0.2, 0.25) is 0 Å². The van der Waals surface area contributed by atoms with Gasteiger partial charge in [-0.1, -0.05) is 34.6 Å². The summed E-state index contributed by atoms with van der Waals surface area (Å²) in [6.07, 6.45) is 0. The predicted octanol–water partition coefficient (Wildman–Crippen LogP) is 3.86. The molecule has 0 fully saturated rings. The summed E-state index contributed by atoms with van der Waals surface area (Å²) >= 11 is 3.28. The van der Waals surface area contributed by atoms with E-state index in [1.165, 1.54) is 5.56 Å². The molecule has 0 saturated heterocycles. The lowest BCUT2D eigenvalue weighted by Crippen LogP contribution is -2.35. The number of hydrogen-bond donors (Lipinski definition) is 1. The Hall–Kier alpha value is -0.800. The number of halogens is 1. The molecule has 0 radical (unpaired) electrons. The van der Waals surface area contributed by atoms with Crippen LogP contribution in [-0.4, -0.2) is 12.1 Å². The van der Waals surface area contributed by atoms with E-state index in [9.17, 15) is 0 Å². The van der Waals surface area contributed by atoms with Crippen LogP contribution in [0.1, 0.15) is 26.3 Å². The molecule has 0 bridgehead atoms. The molecular weight excluding hydrogens is 278 g/mol. The standard InChI is InChI=1S/C14H20BrNO/c1-11(15)10-17-13-7-5-6-12(8-13)9-16-14(2,3)4/h5-8,16H,1,9-10H2,2-4H3. The van der Waals surface area contributed by atoms with Crippen molar-refractivity contribution in [3.63, 3.8) is 0 Å². The van der Waals surface area contributed by atoms with E-state index in [2.05, 4.69) is 60.7 Å². The van der Waals surface area contributed by atoms with Crippen molar-refractivity contribution in [3.8, 4) is 5.75 Å². The summed E-state index contributed by atoms with van der Waals surface area (Å²) in [5, 5.41) is 3.45. The van der Waals surface area contributed by atoms with Gasteiger partial charge < -0.3 is 10.1 Å². The Morgan fingerprint density at radius 1 is 1.41 bits per heavy atom. The number of benzene rings is 1. The van der Waals surface area contributed by atoms with Crippen molar-refractivity contribution in [1.29, 1.82) is 0 Å². The molecule has 0 aliphatic rings. The second kappa shape index (κ2) is 6.22. The predicted molar refractivity (Wildman–Crippen MR) is 76.6 cm³/mol. The highest BCUT2D eigenvalue weighted by atomic mass is 79.9. The van der Waals surface area contributed by atoms with Gasteiger partial charge in [0, 0.05) is 16.6 Å². The zero-order valence-corrected chi connectivity index (χ0v) is 12.3. The first-order valence-electron chi connectivity index (χ1n) is 5.67. The van der Waals surface area contributed by atoms with E-state index in [-0.39, 0.29) is 5.54 Å². The van der Waals surface area contributed by atoms with Crippen molar-refractivity contribution in [1.82, 2.24) is 5.32 Å². The molecule has 0 aromatic heterocycles. The highest BCUT2D eigenvalue weighted by Gasteiger charge is 2.08. The Morgan fingerprint density at radius 3 is 2.71 bits per heavy atom. The summed E-state index contributed by atoms with van der Waals surface area (Å²) in [6.45, 7) is 11.5. The van der Waals surface area contributed by atoms with Gasteiger partial charge in [0.15, 0.2) is 0 Å². The molecular formula is C14H20BrNO. The second-order valence-electron chi connectivity index (χ2n) is 5.06. The molecule has 0 aliphatic heterocycles. The van der Waals surface area contributed by atoms with Crippen molar-refractivity contribution in [2.75, 3.05) is 6.61 Å². The average Bonchev–Trinajstić information content (AvgIpc) is 2.23. The Balaban J connectivity index is 2.56. The maximum Gasteiger partial charge on any atom is 0.120 e. The van der Waals surface area contributed by atoms with E-state index in [4.69, 9.17) is 4.74 Å². The molecule has 0 atom stereocenters. The fourth-order valence-electron chi connectivity index (χ4n) is 1.27. The fraction of sp³-hybridized carbons (Fsp3) is 0.429. The summed E-state index contributed by atoms with van der Waals surface area (Å²) in [4.78, 5) is 0. The van der Waals surface area contributed by atoms with E-state index in [0.717, 1.165) is 16.8 Å². The summed E-state index contributed by atoms with van der Waals surface area (Å²) < 4.78 is 6.41. The zero-order valence-electron chi connectivity index (χ0n) is 10.7. The molecule has 1 aromatic carbocycles. The molecule has 94 valence electrons. The first-order valence-corrected chi connectivity index (χ1v) is 6.46. The Kier molecular flexibility index (Phi) is 5.22. The topological polar surface area (TPSA) is 21.3 Å². The van der Waals surface area contributed by atoms with Crippen LogP contribution >= 0.6 is 15.9 Å². The normalized spacial score (nSPS) is 11.3. The Morgan fingerprint density at radius 2 is 2.12 bits per heavy atom. The van der Waals surface area contributed by atoms with Crippen LogP contribution in [-0.2, 0) is 6.54 Å². The van der Waals surface area contributed by atoms with Crippen molar-refractivity contribution >= 4 is 15.9 Å². The molecule has 1 N–H and O–H groups in total.